The lowest BCUT2D eigenvalue weighted by atomic mass is 10.3. The minimum Gasteiger partial charge on any atom is -0.329 e. The van der Waals surface area contributed by atoms with Crippen molar-refractivity contribution >= 4 is 17.9 Å². The highest BCUT2D eigenvalue weighted by Gasteiger charge is 2.03. The highest BCUT2D eigenvalue weighted by molar-refractivity contribution is 6.01. The number of carbonyl (C=O) groups is 1. The smallest absolute Gasteiger partial charge is 0.178 e. The molecule has 2 rings (SSSR count). The zero-order valence-corrected chi connectivity index (χ0v) is 14.6. The van der Waals surface area contributed by atoms with E-state index in [4.69, 9.17) is 0 Å². The predicted molar refractivity (Wildman–Crippen MR) is 97.4 cm³/mol. The Labute approximate surface area is 143 Å². The summed E-state index contributed by atoms with van der Waals surface area (Å²) in [5.41, 5.74) is 0. The van der Waals surface area contributed by atoms with Gasteiger partial charge in [0.15, 0.2) is 5.78 Å². The first kappa shape index (κ1) is 17.7. The van der Waals surface area contributed by atoms with Crippen LogP contribution >= 0.6 is 0 Å². The Morgan fingerprint density at radius 2 is 1.42 bits per heavy atom. The molecule has 0 spiro atoms. The Hall–Kier alpha value is -2.69. The second kappa shape index (κ2) is 8.24. The van der Waals surface area contributed by atoms with Crippen molar-refractivity contribution in [3.8, 4) is 0 Å². The third kappa shape index (κ3) is 4.65. The number of allylic oxidation sites excluding steroid dienone is 4. The molecular formula is C19H24N4O. The number of carbonyl (C=O) groups excluding carboxylic acids is 1. The number of hydrogen-bond donors (Lipinski definition) is 0. The third-order valence-electron chi connectivity index (χ3n) is 3.52. The minimum atomic E-state index is -0.0786. The van der Waals surface area contributed by atoms with Crippen molar-refractivity contribution in [2.75, 3.05) is 0 Å². The molecule has 0 aliphatic carbocycles. The third-order valence-corrected chi connectivity index (χ3v) is 3.52. The molecule has 0 bridgehead atoms. The molecule has 0 saturated carbocycles. The zero-order chi connectivity index (χ0) is 17.5. The molecule has 0 N–H and O–H groups in total. The first-order valence-corrected chi connectivity index (χ1v) is 8.11. The Balaban J connectivity index is 1.95. The summed E-state index contributed by atoms with van der Waals surface area (Å²) in [6, 6.07) is 0.663. The van der Waals surface area contributed by atoms with Gasteiger partial charge in [-0.3, -0.25) is 4.79 Å². The van der Waals surface area contributed by atoms with Gasteiger partial charge in [-0.05, 0) is 52.0 Å². The van der Waals surface area contributed by atoms with E-state index in [0.29, 0.717) is 12.1 Å². The number of ketones is 1. The molecule has 0 aromatic carbocycles. The quantitative estimate of drug-likeness (QED) is 0.569. The molecular weight excluding hydrogens is 300 g/mol. The SMILES string of the molecule is CC(C)n1ccnc1/C=C/C=C/C(=O)/C=C/c1nccn1C(C)C. The average Bonchev–Trinajstić information content (AvgIpc) is 3.18. The molecule has 126 valence electrons. The number of rotatable bonds is 7. The first-order chi connectivity index (χ1) is 11.5. The zero-order valence-electron chi connectivity index (χ0n) is 14.6. The Morgan fingerprint density at radius 1 is 0.875 bits per heavy atom. The van der Waals surface area contributed by atoms with Crippen molar-refractivity contribution in [1.82, 2.24) is 19.1 Å². The van der Waals surface area contributed by atoms with Crippen LogP contribution in [0.3, 0.4) is 0 Å². The normalized spacial score (nSPS) is 12.6. The van der Waals surface area contributed by atoms with E-state index in [0.717, 1.165) is 11.6 Å². The molecule has 0 atom stereocenters. The summed E-state index contributed by atoms with van der Waals surface area (Å²) < 4.78 is 4.08. The molecule has 0 fully saturated rings. The molecule has 2 aromatic rings. The summed E-state index contributed by atoms with van der Waals surface area (Å²) in [6.07, 6.45) is 17.6. The van der Waals surface area contributed by atoms with Crippen LogP contribution in [-0.2, 0) is 4.79 Å². The molecule has 0 aliphatic rings. The molecule has 5 heteroatoms. The molecule has 0 radical (unpaired) electrons. The van der Waals surface area contributed by atoms with Crippen molar-refractivity contribution in [2.24, 2.45) is 0 Å². The van der Waals surface area contributed by atoms with E-state index in [-0.39, 0.29) is 5.78 Å². The van der Waals surface area contributed by atoms with Crippen molar-refractivity contribution in [2.45, 2.75) is 39.8 Å². The predicted octanol–water partition coefficient (Wildman–Crippen LogP) is 4.09. The van der Waals surface area contributed by atoms with Gasteiger partial charge in [0, 0.05) is 36.9 Å². The lowest BCUT2D eigenvalue weighted by Crippen LogP contribution is -2.01. The van der Waals surface area contributed by atoms with Gasteiger partial charge in [0.25, 0.3) is 0 Å². The van der Waals surface area contributed by atoms with Crippen LogP contribution in [0, 0.1) is 0 Å². The number of imidazole rings is 2. The van der Waals surface area contributed by atoms with E-state index >= 15 is 0 Å². The largest absolute Gasteiger partial charge is 0.329 e. The van der Waals surface area contributed by atoms with Crippen LogP contribution in [0.4, 0.5) is 0 Å². The van der Waals surface area contributed by atoms with Crippen molar-refractivity contribution in [3.05, 3.63) is 60.7 Å². The van der Waals surface area contributed by atoms with E-state index in [2.05, 4.69) is 42.2 Å². The standard InChI is InChI=1S/C19H24N4O/c1-15(2)22-13-11-20-18(22)8-6-5-7-17(24)9-10-19-21-12-14-23(19)16(3)4/h5-16H,1-4H3/b7-5+,8-6+,10-9+. The van der Waals surface area contributed by atoms with E-state index in [1.807, 2.05) is 29.1 Å². The summed E-state index contributed by atoms with van der Waals surface area (Å²) in [6.45, 7) is 8.35. The van der Waals surface area contributed by atoms with Gasteiger partial charge >= 0.3 is 0 Å². The van der Waals surface area contributed by atoms with Gasteiger partial charge in [-0.25, -0.2) is 9.97 Å². The van der Waals surface area contributed by atoms with Gasteiger partial charge < -0.3 is 9.13 Å². The van der Waals surface area contributed by atoms with E-state index in [9.17, 15) is 4.79 Å². The molecule has 2 aromatic heterocycles. The maximum Gasteiger partial charge on any atom is 0.178 e. The summed E-state index contributed by atoms with van der Waals surface area (Å²) in [7, 11) is 0. The molecule has 0 amide bonds. The summed E-state index contributed by atoms with van der Waals surface area (Å²) in [5, 5.41) is 0. The monoisotopic (exact) mass is 324 g/mol. The highest BCUT2D eigenvalue weighted by atomic mass is 16.1. The van der Waals surface area contributed by atoms with Crippen LogP contribution in [0.15, 0.2) is 49.1 Å². The van der Waals surface area contributed by atoms with Crippen LogP contribution in [0.2, 0.25) is 0 Å². The van der Waals surface area contributed by atoms with Gasteiger partial charge in [-0.1, -0.05) is 12.2 Å². The van der Waals surface area contributed by atoms with Crippen LogP contribution < -0.4 is 0 Å². The molecule has 0 saturated heterocycles. The van der Waals surface area contributed by atoms with E-state index in [1.165, 1.54) is 12.2 Å². The van der Waals surface area contributed by atoms with Crippen LogP contribution in [-0.4, -0.2) is 24.9 Å². The van der Waals surface area contributed by atoms with Crippen molar-refractivity contribution in [3.63, 3.8) is 0 Å². The fraction of sp³-hybridized carbons (Fsp3) is 0.316. The van der Waals surface area contributed by atoms with Gasteiger partial charge in [0.05, 0.1) is 0 Å². The van der Waals surface area contributed by atoms with Crippen molar-refractivity contribution < 1.29 is 4.79 Å². The fourth-order valence-electron chi connectivity index (χ4n) is 2.28. The fourth-order valence-corrected chi connectivity index (χ4v) is 2.28. The Morgan fingerprint density at radius 3 is 1.96 bits per heavy atom. The number of hydrogen-bond acceptors (Lipinski definition) is 3. The Bertz CT molecular complexity index is 760. The lowest BCUT2D eigenvalue weighted by molar-refractivity contribution is -0.110. The summed E-state index contributed by atoms with van der Waals surface area (Å²) >= 11 is 0. The Kier molecular flexibility index (Phi) is 6.07. The highest BCUT2D eigenvalue weighted by Crippen LogP contribution is 2.10. The maximum absolute atomic E-state index is 11.9. The van der Waals surface area contributed by atoms with Gasteiger partial charge in [0.2, 0.25) is 0 Å². The molecule has 24 heavy (non-hydrogen) atoms. The second-order valence-electron chi connectivity index (χ2n) is 6.03. The molecule has 5 nitrogen and oxygen atoms in total. The van der Waals surface area contributed by atoms with E-state index < -0.39 is 0 Å². The number of aromatic nitrogens is 4. The van der Waals surface area contributed by atoms with Crippen molar-refractivity contribution in [1.29, 1.82) is 0 Å². The maximum atomic E-state index is 11.9. The number of nitrogens with zero attached hydrogens (tertiary/aromatic N) is 4. The second-order valence-corrected chi connectivity index (χ2v) is 6.03. The van der Waals surface area contributed by atoms with Crippen LogP contribution in [0.5, 0.6) is 0 Å². The summed E-state index contributed by atoms with van der Waals surface area (Å²) in [4.78, 5) is 20.4. The van der Waals surface area contributed by atoms with Crippen LogP contribution in [0.25, 0.3) is 12.2 Å². The first-order valence-electron chi connectivity index (χ1n) is 8.11. The summed E-state index contributed by atoms with van der Waals surface area (Å²) in [5.74, 6) is 1.57. The van der Waals surface area contributed by atoms with Gasteiger partial charge in [-0.2, -0.15) is 0 Å². The minimum absolute atomic E-state index is 0.0786. The van der Waals surface area contributed by atoms with Crippen LogP contribution in [0.1, 0.15) is 51.4 Å². The van der Waals surface area contributed by atoms with Gasteiger partial charge in [-0.15, -0.1) is 0 Å². The molecule has 0 unspecified atom stereocenters. The molecule has 0 aliphatic heterocycles. The topological polar surface area (TPSA) is 52.7 Å². The van der Waals surface area contributed by atoms with E-state index in [1.54, 1.807) is 24.5 Å². The average molecular weight is 324 g/mol. The molecule has 2 heterocycles. The van der Waals surface area contributed by atoms with Gasteiger partial charge in [0.1, 0.15) is 11.6 Å². The lowest BCUT2D eigenvalue weighted by Gasteiger charge is -2.08.